The van der Waals surface area contributed by atoms with Crippen LogP contribution < -0.4 is 0 Å². The van der Waals surface area contributed by atoms with Gasteiger partial charge in [0.15, 0.2) is 0 Å². The van der Waals surface area contributed by atoms with Crippen molar-refractivity contribution in [2.75, 3.05) is 45.8 Å². The Labute approximate surface area is 194 Å². The van der Waals surface area contributed by atoms with Crippen molar-refractivity contribution in [1.82, 2.24) is 24.3 Å². The zero-order valence-electron chi connectivity index (χ0n) is 20.2. The molecule has 0 N–H and O–H groups in total. The Bertz CT molecular complexity index is 849. The first-order valence-corrected chi connectivity index (χ1v) is 13.4. The number of aryl methyl sites for hydroxylation is 1. The highest BCUT2D eigenvalue weighted by Crippen LogP contribution is 2.28. The van der Waals surface area contributed by atoms with Crippen LogP contribution in [0.25, 0.3) is 11.0 Å². The van der Waals surface area contributed by atoms with Crippen molar-refractivity contribution in [2.24, 2.45) is 13.0 Å². The Morgan fingerprint density at radius 2 is 1.75 bits per heavy atom. The van der Waals surface area contributed by atoms with Crippen LogP contribution in [0.4, 0.5) is 0 Å². The van der Waals surface area contributed by atoms with E-state index in [1.807, 2.05) is 0 Å². The van der Waals surface area contributed by atoms with Crippen molar-refractivity contribution in [2.45, 2.75) is 70.4 Å². The standard InChI is InChI=1S/C27H43N5/c1-29-26-14-6-5-13-25(26)28-27(29)22-31(19-18-30-15-7-2-8-16-30)20-23-10-9-17-32(21-23)24-11-3-4-12-24/h5-6,13-14,23-24H,2-4,7-12,15-22H2,1H3/t23-/m0/s1. The normalized spacial score (nSPS) is 24.1. The van der Waals surface area contributed by atoms with Crippen LogP contribution in [0.2, 0.25) is 0 Å². The van der Waals surface area contributed by atoms with E-state index in [1.165, 1.54) is 115 Å². The quantitative estimate of drug-likeness (QED) is 0.607. The summed E-state index contributed by atoms with van der Waals surface area (Å²) in [6.07, 6.45) is 12.7. The zero-order chi connectivity index (χ0) is 21.8. The molecule has 176 valence electrons. The molecule has 3 aliphatic rings. The van der Waals surface area contributed by atoms with Crippen LogP contribution in [-0.4, -0.2) is 76.1 Å². The Morgan fingerprint density at radius 3 is 2.56 bits per heavy atom. The van der Waals surface area contributed by atoms with Gasteiger partial charge in [0.1, 0.15) is 5.82 Å². The predicted molar refractivity (Wildman–Crippen MR) is 133 cm³/mol. The highest BCUT2D eigenvalue weighted by Gasteiger charge is 2.29. The second kappa shape index (κ2) is 10.7. The first-order chi connectivity index (χ1) is 15.8. The maximum absolute atomic E-state index is 5.02. The van der Waals surface area contributed by atoms with Gasteiger partial charge < -0.3 is 14.4 Å². The molecule has 0 spiro atoms. The van der Waals surface area contributed by atoms with Crippen LogP contribution in [0.1, 0.15) is 63.6 Å². The number of likely N-dealkylation sites (tertiary alicyclic amines) is 2. The second-order valence-electron chi connectivity index (χ2n) is 10.7. The fourth-order valence-corrected chi connectivity index (χ4v) is 6.45. The number of rotatable bonds is 8. The molecule has 32 heavy (non-hydrogen) atoms. The molecule has 5 rings (SSSR count). The van der Waals surface area contributed by atoms with E-state index in [-0.39, 0.29) is 0 Å². The lowest BCUT2D eigenvalue weighted by molar-refractivity contribution is 0.0901. The van der Waals surface area contributed by atoms with Crippen molar-refractivity contribution in [1.29, 1.82) is 0 Å². The van der Waals surface area contributed by atoms with Crippen LogP contribution in [0, 0.1) is 5.92 Å². The number of benzene rings is 1. The molecular weight excluding hydrogens is 394 g/mol. The van der Waals surface area contributed by atoms with E-state index in [0.29, 0.717) is 0 Å². The number of hydrogen-bond acceptors (Lipinski definition) is 4. The largest absolute Gasteiger partial charge is 0.330 e. The minimum absolute atomic E-state index is 0.806. The van der Waals surface area contributed by atoms with E-state index < -0.39 is 0 Å². The molecule has 2 aromatic rings. The Morgan fingerprint density at radius 1 is 0.938 bits per heavy atom. The van der Waals surface area contributed by atoms with Gasteiger partial charge >= 0.3 is 0 Å². The monoisotopic (exact) mass is 437 g/mol. The SMILES string of the molecule is Cn1c(CN(CCN2CCCCC2)C[C@@H]2CCCN(C3CCCC3)C2)nc2ccccc21. The topological polar surface area (TPSA) is 27.5 Å². The van der Waals surface area contributed by atoms with Crippen LogP contribution in [-0.2, 0) is 13.6 Å². The summed E-state index contributed by atoms with van der Waals surface area (Å²) in [6.45, 7) is 9.80. The van der Waals surface area contributed by atoms with E-state index >= 15 is 0 Å². The molecule has 0 unspecified atom stereocenters. The summed E-state index contributed by atoms with van der Waals surface area (Å²) in [5.74, 6) is 2.02. The van der Waals surface area contributed by atoms with Gasteiger partial charge in [-0.05, 0) is 76.2 Å². The molecule has 5 heteroatoms. The minimum atomic E-state index is 0.806. The van der Waals surface area contributed by atoms with Gasteiger partial charge in [0.2, 0.25) is 0 Å². The van der Waals surface area contributed by atoms with E-state index in [1.54, 1.807) is 0 Å². The van der Waals surface area contributed by atoms with E-state index in [9.17, 15) is 0 Å². The second-order valence-corrected chi connectivity index (χ2v) is 10.7. The van der Waals surface area contributed by atoms with Gasteiger partial charge in [-0.1, -0.05) is 31.4 Å². The molecule has 1 aromatic heterocycles. The Hall–Kier alpha value is -1.43. The summed E-state index contributed by atoms with van der Waals surface area (Å²) < 4.78 is 2.31. The number of nitrogens with zero attached hydrogens (tertiary/aromatic N) is 5. The summed E-state index contributed by atoms with van der Waals surface area (Å²) in [7, 11) is 2.19. The van der Waals surface area contributed by atoms with Crippen LogP contribution in [0.5, 0.6) is 0 Å². The average molecular weight is 438 g/mol. The summed E-state index contributed by atoms with van der Waals surface area (Å²) >= 11 is 0. The van der Waals surface area contributed by atoms with Crippen molar-refractivity contribution < 1.29 is 0 Å². The van der Waals surface area contributed by atoms with Crippen molar-refractivity contribution in [3.63, 3.8) is 0 Å². The lowest BCUT2D eigenvalue weighted by Crippen LogP contribution is -2.46. The molecule has 5 nitrogen and oxygen atoms in total. The average Bonchev–Trinajstić information content (AvgIpc) is 3.48. The highest BCUT2D eigenvalue weighted by atomic mass is 15.2. The first-order valence-electron chi connectivity index (χ1n) is 13.4. The maximum Gasteiger partial charge on any atom is 0.123 e. The molecular formula is C27H43N5. The predicted octanol–water partition coefficient (Wildman–Crippen LogP) is 4.52. The fraction of sp³-hybridized carbons (Fsp3) is 0.741. The summed E-state index contributed by atoms with van der Waals surface area (Å²) in [5.41, 5.74) is 2.38. The molecule has 0 bridgehead atoms. The molecule has 3 heterocycles. The molecule has 0 amide bonds. The van der Waals surface area contributed by atoms with Crippen molar-refractivity contribution in [3.8, 4) is 0 Å². The van der Waals surface area contributed by atoms with E-state index in [0.717, 1.165) is 24.0 Å². The lowest BCUT2D eigenvalue weighted by atomic mass is 9.95. The van der Waals surface area contributed by atoms with Crippen LogP contribution in [0.3, 0.4) is 0 Å². The number of hydrogen-bond donors (Lipinski definition) is 0. The van der Waals surface area contributed by atoms with E-state index in [4.69, 9.17) is 4.98 Å². The fourth-order valence-electron chi connectivity index (χ4n) is 6.45. The minimum Gasteiger partial charge on any atom is -0.330 e. The molecule has 0 radical (unpaired) electrons. The summed E-state index contributed by atoms with van der Waals surface area (Å²) in [4.78, 5) is 13.3. The van der Waals surface area contributed by atoms with Gasteiger partial charge in [-0.3, -0.25) is 4.90 Å². The van der Waals surface area contributed by atoms with Crippen LogP contribution in [0.15, 0.2) is 24.3 Å². The first kappa shape index (κ1) is 22.4. The number of para-hydroxylation sites is 2. The molecule has 2 saturated heterocycles. The third-order valence-electron chi connectivity index (χ3n) is 8.33. The highest BCUT2D eigenvalue weighted by molar-refractivity contribution is 5.75. The Balaban J connectivity index is 1.26. The van der Waals surface area contributed by atoms with E-state index in [2.05, 4.69) is 50.6 Å². The number of fused-ring (bicyclic) bond motifs is 1. The number of aromatic nitrogens is 2. The third kappa shape index (κ3) is 5.37. The molecule has 1 saturated carbocycles. The lowest BCUT2D eigenvalue weighted by Gasteiger charge is -2.39. The molecule has 3 fully saturated rings. The molecule has 1 aromatic carbocycles. The summed E-state index contributed by atoms with van der Waals surface area (Å²) in [6, 6.07) is 9.45. The zero-order valence-corrected chi connectivity index (χ0v) is 20.2. The maximum atomic E-state index is 5.02. The molecule has 1 aliphatic carbocycles. The van der Waals surface area contributed by atoms with Crippen LogP contribution >= 0.6 is 0 Å². The number of imidazole rings is 1. The van der Waals surface area contributed by atoms with Gasteiger partial charge in [0, 0.05) is 39.3 Å². The van der Waals surface area contributed by atoms with Crippen molar-refractivity contribution >= 4 is 11.0 Å². The van der Waals surface area contributed by atoms with Crippen molar-refractivity contribution in [3.05, 3.63) is 30.1 Å². The van der Waals surface area contributed by atoms with Gasteiger partial charge in [-0.15, -0.1) is 0 Å². The van der Waals surface area contributed by atoms with Gasteiger partial charge in [0.25, 0.3) is 0 Å². The molecule has 2 aliphatic heterocycles. The Kier molecular flexibility index (Phi) is 7.46. The smallest absolute Gasteiger partial charge is 0.123 e. The number of piperidine rings is 2. The van der Waals surface area contributed by atoms with Gasteiger partial charge in [-0.2, -0.15) is 0 Å². The van der Waals surface area contributed by atoms with Gasteiger partial charge in [-0.25, -0.2) is 4.98 Å². The summed E-state index contributed by atoms with van der Waals surface area (Å²) in [5, 5.41) is 0. The third-order valence-corrected chi connectivity index (χ3v) is 8.33. The van der Waals surface area contributed by atoms with Gasteiger partial charge in [0.05, 0.1) is 17.6 Å². The molecule has 1 atom stereocenters.